The highest BCUT2D eigenvalue weighted by Gasteiger charge is 2.37. The number of oxazole rings is 1. The van der Waals surface area contributed by atoms with Gasteiger partial charge in [-0.2, -0.15) is 0 Å². The van der Waals surface area contributed by atoms with Crippen LogP contribution in [0.15, 0.2) is 22.6 Å². The lowest BCUT2D eigenvalue weighted by Crippen LogP contribution is -2.30. The van der Waals surface area contributed by atoms with Gasteiger partial charge in [-0.25, -0.2) is 4.98 Å². The lowest BCUT2D eigenvalue weighted by molar-refractivity contribution is 0.325. The molecule has 0 amide bonds. The van der Waals surface area contributed by atoms with Gasteiger partial charge in [-0.1, -0.05) is 18.9 Å². The predicted octanol–water partition coefficient (Wildman–Crippen LogP) is 3.73. The molecule has 3 unspecified atom stereocenters. The smallest absolute Gasteiger partial charge is 0.212 e. The predicted molar refractivity (Wildman–Crippen MR) is 75.0 cm³/mol. The summed E-state index contributed by atoms with van der Waals surface area (Å²) in [5.74, 6) is 1.71. The lowest BCUT2D eigenvalue weighted by atomic mass is 9.85. The summed E-state index contributed by atoms with van der Waals surface area (Å²) in [5, 5.41) is 3.73. The van der Waals surface area contributed by atoms with Gasteiger partial charge in [0.15, 0.2) is 5.58 Å². The Bertz CT molecular complexity index is 590. The number of nitrogens with one attached hydrogen (secondary N) is 1. The monoisotopic (exact) mass is 256 g/mol. The molecule has 4 rings (SSSR count). The molecule has 1 saturated heterocycles. The fourth-order valence-corrected chi connectivity index (χ4v) is 3.71. The molecule has 2 aliphatic rings. The highest BCUT2D eigenvalue weighted by Crippen LogP contribution is 2.39. The number of hydrogen-bond acceptors (Lipinski definition) is 3. The first-order valence-corrected chi connectivity index (χ1v) is 7.43. The zero-order valence-corrected chi connectivity index (χ0v) is 11.4. The molecule has 1 aromatic carbocycles. The van der Waals surface area contributed by atoms with E-state index in [0.717, 1.165) is 22.9 Å². The number of fused-ring (bicyclic) bond motifs is 2. The molecule has 2 heterocycles. The molecule has 2 aromatic rings. The van der Waals surface area contributed by atoms with Crippen LogP contribution in [0.2, 0.25) is 0 Å². The normalized spacial score (nSPS) is 30.7. The van der Waals surface area contributed by atoms with Gasteiger partial charge >= 0.3 is 0 Å². The van der Waals surface area contributed by atoms with Crippen LogP contribution in [0.25, 0.3) is 11.1 Å². The molecule has 0 spiro atoms. The Kier molecular flexibility index (Phi) is 2.62. The van der Waals surface area contributed by atoms with Crippen LogP contribution in [-0.2, 0) is 0 Å². The van der Waals surface area contributed by atoms with E-state index in [1.807, 2.05) is 0 Å². The van der Waals surface area contributed by atoms with E-state index < -0.39 is 0 Å². The highest BCUT2D eigenvalue weighted by atomic mass is 16.3. The Hall–Kier alpha value is -1.35. The van der Waals surface area contributed by atoms with E-state index in [2.05, 4.69) is 35.4 Å². The molecule has 1 aliphatic carbocycles. The Morgan fingerprint density at radius 2 is 2.16 bits per heavy atom. The SMILES string of the molecule is Cc1ccc2nc(C3CC4CCCCC4N3)oc2c1. The van der Waals surface area contributed by atoms with Crippen molar-refractivity contribution in [2.75, 3.05) is 0 Å². The minimum atomic E-state index is 0.320. The Morgan fingerprint density at radius 3 is 3.05 bits per heavy atom. The van der Waals surface area contributed by atoms with Gasteiger partial charge in [-0.15, -0.1) is 0 Å². The zero-order valence-electron chi connectivity index (χ0n) is 11.4. The molecule has 1 aromatic heterocycles. The van der Waals surface area contributed by atoms with Gasteiger partial charge in [0, 0.05) is 6.04 Å². The third-order valence-electron chi connectivity index (χ3n) is 4.72. The first-order chi connectivity index (χ1) is 9.29. The van der Waals surface area contributed by atoms with Crippen LogP contribution >= 0.6 is 0 Å². The molecular formula is C16H20N2O. The quantitative estimate of drug-likeness (QED) is 0.845. The van der Waals surface area contributed by atoms with Gasteiger partial charge in [0.1, 0.15) is 5.52 Å². The summed E-state index contributed by atoms with van der Waals surface area (Å²) in [4.78, 5) is 4.66. The number of benzene rings is 1. The third-order valence-corrected chi connectivity index (χ3v) is 4.72. The summed E-state index contributed by atoms with van der Waals surface area (Å²) in [6, 6.07) is 7.24. The molecule has 1 aliphatic heterocycles. The molecule has 19 heavy (non-hydrogen) atoms. The van der Waals surface area contributed by atoms with Crippen molar-refractivity contribution in [3.05, 3.63) is 29.7 Å². The first kappa shape index (κ1) is 11.5. The van der Waals surface area contributed by atoms with Crippen molar-refractivity contribution in [1.29, 1.82) is 0 Å². The maximum absolute atomic E-state index is 5.97. The average molecular weight is 256 g/mol. The van der Waals surface area contributed by atoms with E-state index in [1.165, 1.54) is 37.7 Å². The van der Waals surface area contributed by atoms with Crippen LogP contribution in [0.3, 0.4) is 0 Å². The van der Waals surface area contributed by atoms with Crippen LogP contribution in [0.1, 0.15) is 49.6 Å². The summed E-state index contributed by atoms with van der Waals surface area (Å²) < 4.78 is 5.97. The molecule has 3 heteroatoms. The number of aryl methyl sites for hydroxylation is 1. The van der Waals surface area contributed by atoms with E-state index in [1.54, 1.807) is 0 Å². The Balaban J connectivity index is 1.64. The second kappa shape index (κ2) is 4.34. The van der Waals surface area contributed by atoms with Gasteiger partial charge in [-0.3, -0.25) is 0 Å². The van der Waals surface area contributed by atoms with Crippen molar-refractivity contribution in [3.8, 4) is 0 Å². The fourth-order valence-electron chi connectivity index (χ4n) is 3.71. The molecular weight excluding hydrogens is 236 g/mol. The second-order valence-corrected chi connectivity index (χ2v) is 6.13. The molecule has 0 radical (unpaired) electrons. The maximum atomic E-state index is 5.97. The van der Waals surface area contributed by atoms with E-state index in [9.17, 15) is 0 Å². The van der Waals surface area contributed by atoms with Gasteiger partial charge in [0.25, 0.3) is 0 Å². The van der Waals surface area contributed by atoms with Gasteiger partial charge in [0.2, 0.25) is 5.89 Å². The average Bonchev–Trinajstić information content (AvgIpc) is 3.00. The Morgan fingerprint density at radius 1 is 1.26 bits per heavy atom. The second-order valence-electron chi connectivity index (χ2n) is 6.13. The summed E-state index contributed by atoms with van der Waals surface area (Å²) in [7, 11) is 0. The van der Waals surface area contributed by atoms with Crippen LogP contribution in [0.5, 0.6) is 0 Å². The van der Waals surface area contributed by atoms with E-state index in [-0.39, 0.29) is 0 Å². The molecule has 100 valence electrons. The summed E-state index contributed by atoms with van der Waals surface area (Å²) in [6.07, 6.45) is 6.64. The van der Waals surface area contributed by atoms with E-state index >= 15 is 0 Å². The van der Waals surface area contributed by atoms with E-state index in [4.69, 9.17) is 4.42 Å². The van der Waals surface area contributed by atoms with Crippen LogP contribution in [-0.4, -0.2) is 11.0 Å². The first-order valence-electron chi connectivity index (χ1n) is 7.43. The van der Waals surface area contributed by atoms with Crippen molar-refractivity contribution < 1.29 is 4.42 Å². The maximum Gasteiger partial charge on any atom is 0.212 e. The van der Waals surface area contributed by atoms with E-state index in [0.29, 0.717) is 12.1 Å². The molecule has 1 saturated carbocycles. The minimum Gasteiger partial charge on any atom is -0.439 e. The van der Waals surface area contributed by atoms with Crippen LogP contribution in [0.4, 0.5) is 0 Å². The molecule has 3 nitrogen and oxygen atoms in total. The van der Waals surface area contributed by atoms with Crippen molar-refractivity contribution in [3.63, 3.8) is 0 Å². The van der Waals surface area contributed by atoms with Crippen molar-refractivity contribution in [2.45, 2.75) is 51.1 Å². The minimum absolute atomic E-state index is 0.320. The topological polar surface area (TPSA) is 38.1 Å². The lowest BCUT2D eigenvalue weighted by Gasteiger charge is -2.24. The molecule has 3 atom stereocenters. The number of aromatic nitrogens is 1. The summed E-state index contributed by atoms with van der Waals surface area (Å²) in [5.41, 5.74) is 3.13. The van der Waals surface area contributed by atoms with Gasteiger partial charge in [-0.05, 0) is 49.8 Å². The fraction of sp³-hybridized carbons (Fsp3) is 0.562. The van der Waals surface area contributed by atoms with Crippen molar-refractivity contribution in [1.82, 2.24) is 10.3 Å². The Labute approximate surface area is 113 Å². The summed E-state index contributed by atoms with van der Waals surface area (Å²) in [6.45, 7) is 2.09. The van der Waals surface area contributed by atoms with Gasteiger partial charge in [0.05, 0.1) is 6.04 Å². The van der Waals surface area contributed by atoms with Crippen LogP contribution < -0.4 is 5.32 Å². The van der Waals surface area contributed by atoms with Gasteiger partial charge < -0.3 is 9.73 Å². The molecule has 1 N–H and O–H groups in total. The summed E-state index contributed by atoms with van der Waals surface area (Å²) >= 11 is 0. The standard InChI is InChI=1S/C16H20N2O/c1-10-6-7-13-15(8-10)19-16(18-13)14-9-11-4-2-3-5-12(11)17-14/h6-8,11-12,14,17H,2-5,9H2,1H3. The number of nitrogens with zero attached hydrogens (tertiary/aromatic N) is 1. The van der Waals surface area contributed by atoms with Crippen LogP contribution in [0, 0.1) is 12.8 Å². The van der Waals surface area contributed by atoms with Crippen molar-refractivity contribution >= 4 is 11.1 Å². The number of hydrogen-bond donors (Lipinski definition) is 1. The largest absolute Gasteiger partial charge is 0.439 e. The number of rotatable bonds is 1. The molecule has 2 fully saturated rings. The zero-order chi connectivity index (χ0) is 12.8. The third kappa shape index (κ3) is 1.96. The van der Waals surface area contributed by atoms with Crippen molar-refractivity contribution in [2.24, 2.45) is 5.92 Å². The highest BCUT2D eigenvalue weighted by molar-refractivity contribution is 5.73. The molecule has 0 bridgehead atoms.